The van der Waals surface area contributed by atoms with Gasteiger partial charge in [-0.1, -0.05) is 36.4 Å². The number of benzene rings is 5. The van der Waals surface area contributed by atoms with Crippen LogP contribution in [0.3, 0.4) is 0 Å². The third-order valence-corrected chi connectivity index (χ3v) is 20.6. The molecular weight excluding hydrogens is 1600 g/mol. The number of aliphatic imine (C=N–C) groups is 1. The average molecular weight is 1720 g/mol. The zero-order chi connectivity index (χ0) is 89.3. The molecule has 34 nitrogen and oxygen atoms in total. The maximum absolute atomic E-state index is 12.2. The molecule has 34 heteroatoms. The summed E-state index contributed by atoms with van der Waals surface area (Å²) in [6.07, 6.45) is 8.10. The van der Waals surface area contributed by atoms with Crippen LogP contribution in [0.1, 0.15) is 141 Å². The minimum Gasteiger partial charge on any atom is -0.508 e. The molecule has 0 radical (unpaired) electrons. The van der Waals surface area contributed by atoms with E-state index in [9.17, 15) is 57.8 Å². The van der Waals surface area contributed by atoms with Crippen molar-refractivity contribution in [3.8, 4) is 28.7 Å². The van der Waals surface area contributed by atoms with E-state index in [1.807, 2.05) is 112 Å². The van der Waals surface area contributed by atoms with E-state index >= 15 is 0 Å². The Hall–Kier alpha value is -12.8. The Morgan fingerprint density at radius 2 is 0.798 bits per heavy atom. The number of anilines is 1. The summed E-state index contributed by atoms with van der Waals surface area (Å²) >= 11 is 0. The van der Waals surface area contributed by atoms with Gasteiger partial charge in [0, 0.05) is 71.6 Å². The Labute approximate surface area is 722 Å². The Bertz CT molecular complexity index is 4620. The van der Waals surface area contributed by atoms with Crippen molar-refractivity contribution >= 4 is 77.3 Å². The number of nitrogens with zero attached hydrogens (tertiary/aromatic N) is 2. The van der Waals surface area contributed by atoms with Gasteiger partial charge in [-0.3, -0.25) is 52.9 Å². The van der Waals surface area contributed by atoms with Crippen molar-refractivity contribution in [3.05, 3.63) is 171 Å². The Balaban J connectivity index is 0.000000194. The number of pyridine rings is 1. The first-order valence-electron chi connectivity index (χ1n) is 41.7. The van der Waals surface area contributed by atoms with Gasteiger partial charge in [-0.05, 0) is 220 Å². The van der Waals surface area contributed by atoms with E-state index in [-0.39, 0.29) is 79.3 Å². The molecule has 13 N–H and O–H groups in total. The number of amides is 6. The van der Waals surface area contributed by atoms with Gasteiger partial charge in [0.15, 0.2) is 5.96 Å². The van der Waals surface area contributed by atoms with Gasteiger partial charge in [0.2, 0.25) is 29.5 Å². The van der Waals surface area contributed by atoms with Gasteiger partial charge in [0.25, 0.3) is 0 Å². The normalized spacial score (nSPS) is 17.2. The van der Waals surface area contributed by atoms with Gasteiger partial charge < -0.3 is 106 Å². The molecule has 6 amide bonds. The molecule has 6 aromatic rings. The summed E-state index contributed by atoms with van der Waals surface area (Å²) in [7, 11) is 5.29. The molecule has 12 rings (SSSR count). The molecule has 670 valence electrons. The highest BCUT2D eigenvalue weighted by molar-refractivity contribution is 5.88. The summed E-state index contributed by atoms with van der Waals surface area (Å²) in [6, 6.07) is 33.8. The number of nitrogens with one attached hydrogen (secondary N) is 9. The number of ether oxygens (including phenoxy) is 9. The number of nitrogens with two attached hydrogens (primary N) is 1. The molecule has 0 saturated heterocycles. The second-order valence-corrected chi connectivity index (χ2v) is 31.1. The molecule has 6 aliphatic heterocycles. The molecule has 0 saturated carbocycles. The highest BCUT2D eigenvalue weighted by Crippen LogP contribution is 2.31. The van der Waals surface area contributed by atoms with E-state index in [0.717, 1.165) is 137 Å². The van der Waals surface area contributed by atoms with E-state index in [4.69, 9.17) is 39.3 Å². The smallest absolute Gasteiger partial charge is 0.407 e. The zero-order valence-electron chi connectivity index (χ0n) is 71.6. The quantitative estimate of drug-likeness (QED) is 0.0125. The van der Waals surface area contributed by atoms with Crippen LogP contribution in [0.4, 0.5) is 10.6 Å². The van der Waals surface area contributed by atoms with Gasteiger partial charge in [-0.25, -0.2) is 9.78 Å². The summed E-state index contributed by atoms with van der Waals surface area (Å²) < 4.78 is 46.8. The number of aliphatic carboxylic acids is 1. The number of carbonyl (C=O) groups is 11. The minimum absolute atomic E-state index is 0.0602. The third-order valence-electron chi connectivity index (χ3n) is 20.6. The molecule has 5 atom stereocenters. The van der Waals surface area contributed by atoms with Gasteiger partial charge in [-0.2, -0.15) is 0 Å². The van der Waals surface area contributed by atoms with Crippen molar-refractivity contribution in [1.82, 2.24) is 47.5 Å². The van der Waals surface area contributed by atoms with Crippen LogP contribution < -0.4 is 72.5 Å². The number of esters is 4. The van der Waals surface area contributed by atoms with E-state index in [1.165, 1.54) is 28.4 Å². The van der Waals surface area contributed by atoms with Gasteiger partial charge >= 0.3 is 35.9 Å². The molecule has 0 fully saturated rings. The summed E-state index contributed by atoms with van der Waals surface area (Å²) in [6.45, 7) is 14.1. The Morgan fingerprint density at radius 3 is 1.14 bits per heavy atom. The SMILES string of the molecule is COC(=O)CC1Cc2ccc(O)cc2CNC1=O.COC(=O)CC1Cc2ccc(OCCCN)cc2CNC1=O.COC(=O)CC1Cc2ccc(OCCCNC(=O)OC(C)(C)C)cc2CNC1=O.COC(=O)CC1Cc2ccc(OCCCNc3ccccn3)cc2CNC1=O.O=C(O)CC1Cc2ccc(OCCCNC3=NCCCN3)cc2CNC1=O. The van der Waals surface area contributed by atoms with Crippen LogP contribution in [0.15, 0.2) is 120 Å². The largest absolute Gasteiger partial charge is 0.508 e. The number of guanidine groups is 1. The number of rotatable bonds is 30. The molecule has 0 spiro atoms. The predicted molar refractivity (Wildman–Crippen MR) is 457 cm³/mol. The second kappa shape index (κ2) is 50.6. The first-order chi connectivity index (χ1) is 59.7. The number of fused-ring (bicyclic) bond motifs is 5. The highest BCUT2D eigenvalue weighted by Gasteiger charge is 2.32. The molecule has 1 aromatic heterocycles. The van der Waals surface area contributed by atoms with Crippen molar-refractivity contribution in [1.29, 1.82) is 0 Å². The van der Waals surface area contributed by atoms with Crippen LogP contribution in [0.25, 0.3) is 0 Å². The predicted octanol–water partition coefficient (Wildman–Crippen LogP) is 6.81. The number of phenols is 1. The Kier molecular flexibility index (Phi) is 39.5. The summed E-state index contributed by atoms with van der Waals surface area (Å²) in [5, 5.41) is 44.9. The molecular formula is C90H118N12O22. The van der Waals surface area contributed by atoms with Crippen molar-refractivity contribution in [2.45, 2.75) is 155 Å². The lowest BCUT2D eigenvalue weighted by molar-refractivity contribution is -0.144. The number of phenolic OH excluding ortho intramolecular Hbond substituents is 1. The van der Waals surface area contributed by atoms with Crippen molar-refractivity contribution in [2.24, 2.45) is 40.3 Å². The number of alkyl carbamates (subject to hydrolysis) is 1. The Morgan fingerprint density at radius 1 is 0.444 bits per heavy atom. The molecule has 0 bridgehead atoms. The minimum atomic E-state index is -0.957. The van der Waals surface area contributed by atoms with Crippen LogP contribution >= 0.6 is 0 Å². The third kappa shape index (κ3) is 33.6. The number of carboxylic acids is 1. The fourth-order valence-electron chi connectivity index (χ4n) is 13.9. The van der Waals surface area contributed by atoms with E-state index in [0.29, 0.717) is 117 Å². The number of carboxylic acid groups (broad SMARTS) is 1. The first-order valence-corrected chi connectivity index (χ1v) is 41.7. The van der Waals surface area contributed by atoms with Gasteiger partial charge in [0.05, 0.1) is 117 Å². The molecule has 7 heterocycles. The lowest BCUT2D eigenvalue weighted by atomic mass is 9.94. The lowest BCUT2D eigenvalue weighted by Gasteiger charge is -2.19. The van der Waals surface area contributed by atoms with Crippen LogP contribution in [0.2, 0.25) is 0 Å². The second-order valence-electron chi connectivity index (χ2n) is 31.1. The molecule has 6 aliphatic rings. The van der Waals surface area contributed by atoms with Crippen LogP contribution in [-0.4, -0.2) is 186 Å². The van der Waals surface area contributed by atoms with Gasteiger partial charge in [-0.15, -0.1) is 0 Å². The van der Waals surface area contributed by atoms with E-state index in [1.54, 1.807) is 24.4 Å². The molecule has 0 aliphatic carbocycles. The number of carbonyl (C=O) groups excluding carboxylic acids is 10. The average Bonchev–Trinajstić information content (AvgIpc) is 1.70. The monoisotopic (exact) mass is 1720 g/mol. The van der Waals surface area contributed by atoms with Crippen molar-refractivity contribution in [2.75, 3.05) is 99.5 Å². The summed E-state index contributed by atoms with van der Waals surface area (Å²) in [5.74, 6) is -0.527. The summed E-state index contributed by atoms with van der Waals surface area (Å²) in [5.41, 5.74) is 14.9. The molecule has 5 unspecified atom stereocenters. The fourth-order valence-corrected chi connectivity index (χ4v) is 13.9. The topological polar surface area (TPSA) is 471 Å². The number of aromatic nitrogens is 1. The summed E-state index contributed by atoms with van der Waals surface area (Å²) in [4.78, 5) is 137. The highest BCUT2D eigenvalue weighted by atomic mass is 16.6. The molecule has 5 aromatic carbocycles. The van der Waals surface area contributed by atoms with E-state index < -0.39 is 59.2 Å². The van der Waals surface area contributed by atoms with Crippen molar-refractivity contribution < 1.29 is 106 Å². The molecule has 124 heavy (non-hydrogen) atoms. The van der Waals surface area contributed by atoms with Crippen LogP contribution in [-0.2, 0) is 136 Å². The maximum Gasteiger partial charge on any atom is 0.407 e. The maximum atomic E-state index is 12.2. The van der Waals surface area contributed by atoms with Crippen LogP contribution in [0, 0.1) is 29.6 Å². The number of hydrogen-bond donors (Lipinski definition) is 12. The fraction of sp³-hybridized carbons (Fsp3) is 0.478. The van der Waals surface area contributed by atoms with Crippen LogP contribution in [0.5, 0.6) is 28.7 Å². The first kappa shape index (κ1) is 96.7. The number of methoxy groups -OCH3 is 4. The lowest BCUT2D eigenvalue weighted by Crippen LogP contribution is -2.41. The standard InChI is InChI=1S/C21H25N3O4.C21H30N2O6.C19H26N4O4.C16H22N2O4.C13H15NO4/c1-27-20(25)13-16-11-15-6-7-18(12-17(15)14-24-21(16)26)28-10-4-9-23-19-5-2-3-8-22-19;1-21(2,3)29-20(26)22-8-5-9-28-17-7-6-14-10-15(12-18(24)27-4)19(25)23-13-16(14)11-17;24-17(25)11-14-9-13-3-4-16(10-15(13)12-23-18(14)26)27-8-2-7-22-19-20-5-1-6-21-19;1-21-15(19)9-12-7-11-3-4-14(22-6-2-5-17)8-13(11)10-18-16(12)20;1-18-12(16)6-9-4-8-2-3-11(15)5-10(8)7-14-13(9)17/h2-3,5-8,12,16H,4,9-11,13-14H2,1H3,(H,22,23)(H,24,26);6-7,11,15H,5,8-10,12-13H2,1-4H3,(H,22,26)(H,23,25);3-4,10,14H,1-2,5-9,11-12H2,(H,23,26)(H,24,25)(H2,20,21,22);3-4,8,12H,2,5-7,9-10,17H2,1H3,(H,18,20);2-3,5,9,15H,4,6-7H2,1H3,(H,14,17). The zero-order valence-corrected chi connectivity index (χ0v) is 71.6. The van der Waals surface area contributed by atoms with E-state index in [2.05, 4.69) is 72.0 Å². The van der Waals surface area contributed by atoms with Gasteiger partial charge in [0.1, 0.15) is 40.2 Å². The number of hydrogen-bond acceptors (Lipinski definition) is 27. The number of aromatic hydroxyl groups is 1. The van der Waals surface area contributed by atoms with Crippen molar-refractivity contribution in [3.63, 3.8) is 0 Å².